The third-order valence-electron chi connectivity index (χ3n) is 7.37. The smallest absolute Gasteiger partial charge is 0.343 e. The van der Waals surface area contributed by atoms with Gasteiger partial charge in [-0.05, 0) is 111 Å². The average molecular weight is 671 g/mol. The van der Waals surface area contributed by atoms with Gasteiger partial charge in [0.25, 0.3) is 0 Å². The van der Waals surface area contributed by atoms with E-state index in [1.165, 1.54) is 72.8 Å². The standard InChI is InChI=1S/C40H30O10/c1-25-3-7-31(8-4-25)39(45)49-33-19-15-27(16-20-33)35(41)23-47-37(43)29-11-13-30(14-12-29)38(44)48-24-36(42)28-17-21-34(22-18-28)50-40(46)32-9-5-26(2)6-10-32/h3-22H,23-24H2,1-2H3. The maximum absolute atomic E-state index is 12.6. The summed E-state index contributed by atoms with van der Waals surface area (Å²) < 4.78 is 20.9. The van der Waals surface area contributed by atoms with Gasteiger partial charge in [0.05, 0.1) is 22.3 Å². The Bertz CT molecular complexity index is 1880. The number of carbonyl (C=O) groups excluding carboxylic acids is 6. The number of esters is 4. The van der Waals surface area contributed by atoms with Crippen molar-refractivity contribution in [3.8, 4) is 11.5 Å². The van der Waals surface area contributed by atoms with Crippen LogP contribution in [0.4, 0.5) is 0 Å². The molecule has 0 unspecified atom stereocenters. The zero-order valence-corrected chi connectivity index (χ0v) is 27.0. The molecule has 250 valence electrons. The monoisotopic (exact) mass is 670 g/mol. The number of ketones is 2. The first-order valence-corrected chi connectivity index (χ1v) is 15.3. The van der Waals surface area contributed by atoms with Crippen molar-refractivity contribution in [1.82, 2.24) is 0 Å². The van der Waals surface area contributed by atoms with Crippen LogP contribution in [0.1, 0.15) is 73.3 Å². The minimum absolute atomic E-state index is 0.0898. The van der Waals surface area contributed by atoms with Crippen molar-refractivity contribution < 1.29 is 47.7 Å². The molecule has 0 N–H and O–H groups in total. The number of benzene rings is 5. The first kappa shape index (κ1) is 34.6. The molecule has 0 saturated heterocycles. The van der Waals surface area contributed by atoms with Gasteiger partial charge >= 0.3 is 23.9 Å². The molecule has 10 nitrogen and oxygen atoms in total. The highest BCUT2D eigenvalue weighted by atomic mass is 16.5. The van der Waals surface area contributed by atoms with Crippen LogP contribution in [-0.2, 0) is 9.47 Å². The van der Waals surface area contributed by atoms with E-state index < -0.39 is 48.7 Å². The van der Waals surface area contributed by atoms with Crippen molar-refractivity contribution in [3.05, 3.63) is 166 Å². The van der Waals surface area contributed by atoms with Gasteiger partial charge in [0, 0.05) is 11.1 Å². The molecule has 0 radical (unpaired) electrons. The van der Waals surface area contributed by atoms with Gasteiger partial charge < -0.3 is 18.9 Å². The topological polar surface area (TPSA) is 139 Å². The average Bonchev–Trinajstić information content (AvgIpc) is 3.13. The van der Waals surface area contributed by atoms with E-state index in [1.54, 1.807) is 48.5 Å². The van der Waals surface area contributed by atoms with E-state index in [0.29, 0.717) is 11.1 Å². The molecule has 0 atom stereocenters. The van der Waals surface area contributed by atoms with Crippen LogP contribution in [0.3, 0.4) is 0 Å². The summed E-state index contributed by atoms with van der Waals surface area (Å²) in [6, 6.07) is 30.9. The van der Waals surface area contributed by atoms with Gasteiger partial charge in [-0.1, -0.05) is 35.4 Å². The lowest BCUT2D eigenvalue weighted by Crippen LogP contribution is -2.16. The van der Waals surface area contributed by atoms with Crippen molar-refractivity contribution in [2.75, 3.05) is 13.2 Å². The van der Waals surface area contributed by atoms with Crippen LogP contribution in [0, 0.1) is 13.8 Å². The van der Waals surface area contributed by atoms with Gasteiger partial charge in [0.15, 0.2) is 24.8 Å². The fourth-order valence-corrected chi connectivity index (χ4v) is 4.47. The zero-order valence-electron chi connectivity index (χ0n) is 27.0. The lowest BCUT2D eigenvalue weighted by atomic mass is 10.1. The van der Waals surface area contributed by atoms with Crippen LogP contribution in [-0.4, -0.2) is 48.7 Å². The fourth-order valence-electron chi connectivity index (χ4n) is 4.47. The second-order valence-corrected chi connectivity index (χ2v) is 11.1. The predicted octanol–water partition coefficient (Wildman–Crippen LogP) is 6.82. The number of aryl methyl sites for hydroxylation is 2. The molecule has 0 aliphatic heterocycles. The van der Waals surface area contributed by atoms with Crippen molar-refractivity contribution >= 4 is 35.4 Å². The molecular formula is C40H30O10. The van der Waals surface area contributed by atoms with Crippen LogP contribution in [0.2, 0.25) is 0 Å². The molecule has 0 saturated carbocycles. The van der Waals surface area contributed by atoms with Gasteiger partial charge in [-0.2, -0.15) is 0 Å². The first-order chi connectivity index (χ1) is 24.0. The zero-order chi connectivity index (χ0) is 35.6. The molecule has 0 fully saturated rings. The number of carbonyl (C=O) groups is 6. The molecule has 0 aromatic heterocycles. The number of hydrogen-bond donors (Lipinski definition) is 0. The van der Waals surface area contributed by atoms with Gasteiger partial charge in [-0.15, -0.1) is 0 Å². The van der Waals surface area contributed by atoms with Gasteiger partial charge in [0.2, 0.25) is 0 Å². The second kappa shape index (κ2) is 15.9. The Morgan fingerprint density at radius 1 is 0.360 bits per heavy atom. The highest BCUT2D eigenvalue weighted by molar-refractivity contribution is 6.01. The Balaban J connectivity index is 1.05. The minimum atomic E-state index is -0.787. The van der Waals surface area contributed by atoms with Gasteiger partial charge in [0.1, 0.15) is 11.5 Å². The molecule has 5 rings (SSSR count). The summed E-state index contributed by atoms with van der Waals surface area (Å²) in [5.41, 5.74) is 3.48. The molecule has 10 heteroatoms. The van der Waals surface area contributed by atoms with Crippen molar-refractivity contribution in [1.29, 1.82) is 0 Å². The normalized spacial score (nSPS) is 10.4. The highest BCUT2D eigenvalue weighted by Gasteiger charge is 2.17. The van der Waals surface area contributed by atoms with E-state index in [9.17, 15) is 28.8 Å². The Morgan fingerprint density at radius 3 is 0.940 bits per heavy atom. The van der Waals surface area contributed by atoms with E-state index in [-0.39, 0.29) is 33.8 Å². The maximum Gasteiger partial charge on any atom is 0.343 e. The van der Waals surface area contributed by atoms with Crippen LogP contribution in [0.15, 0.2) is 121 Å². The van der Waals surface area contributed by atoms with Crippen molar-refractivity contribution in [2.45, 2.75) is 13.8 Å². The molecular weight excluding hydrogens is 640 g/mol. The summed E-state index contributed by atoms with van der Waals surface area (Å²) in [5.74, 6) is -3.09. The van der Waals surface area contributed by atoms with Gasteiger partial charge in [-0.3, -0.25) is 9.59 Å². The molecule has 5 aromatic rings. The molecule has 0 bridgehead atoms. The van der Waals surface area contributed by atoms with E-state index in [2.05, 4.69) is 0 Å². The molecule has 0 heterocycles. The maximum atomic E-state index is 12.6. The number of ether oxygens (including phenoxy) is 4. The summed E-state index contributed by atoms with van der Waals surface area (Å²) in [6.45, 7) is 2.74. The van der Waals surface area contributed by atoms with Crippen LogP contribution < -0.4 is 9.47 Å². The third kappa shape index (κ3) is 9.23. The van der Waals surface area contributed by atoms with Crippen LogP contribution in [0.25, 0.3) is 0 Å². The SMILES string of the molecule is Cc1ccc(C(=O)Oc2ccc(C(=O)COC(=O)c3ccc(C(=O)OCC(=O)c4ccc(OC(=O)c5ccc(C)cc5)cc4)cc3)cc2)cc1. The van der Waals surface area contributed by atoms with E-state index in [4.69, 9.17) is 18.9 Å². The van der Waals surface area contributed by atoms with Crippen LogP contribution >= 0.6 is 0 Å². The predicted molar refractivity (Wildman–Crippen MR) is 181 cm³/mol. The quantitative estimate of drug-likeness (QED) is 0.0789. The molecule has 0 amide bonds. The molecule has 0 spiro atoms. The first-order valence-electron chi connectivity index (χ1n) is 15.3. The Hall–Kier alpha value is -6.68. The largest absolute Gasteiger partial charge is 0.454 e. The number of hydrogen-bond acceptors (Lipinski definition) is 10. The van der Waals surface area contributed by atoms with Crippen molar-refractivity contribution in [2.24, 2.45) is 0 Å². The summed E-state index contributed by atoms with van der Waals surface area (Å²) in [4.78, 5) is 74.8. The minimum Gasteiger partial charge on any atom is -0.454 e. The van der Waals surface area contributed by atoms with Gasteiger partial charge in [-0.25, -0.2) is 19.2 Å². The second-order valence-electron chi connectivity index (χ2n) is 11.1. The van der Waals surface area contributed by atoms with Crippen molar-refractivity contribution in [3.63, 3.8) is 0 Å². The highest BCUT2D eigenvalue weighted by Crippen LogP contribution is 2.18. The molecule has 0 aliphatic rings. The van der Waals surface area contributed by atoms with E-state index in [1.807, 2.05) is 13.8 Å². The Labute approximate surface area is 287 Å². The summed E-state index contributed by atoms with van der Waals surface area (Å²) in [7, 11) is 0. The van der Waals surface area contributed by atoms with E-state index >= 15 is 0 Å². The van der Waals surface area contributed by atoms with E-state index in [0.717, 1.165) is 11.1 Å². The summed E-state index contributed by atoms with van der Waals surface area (Å²) in [6.07, 6.45) is 0. The Kier molecular flexibility index (Phi) is 11.0. The fraction of sp³-hybridized carbons (Fsp3) is 0.100. The lowest BCUT2D eigenvalue weighted by molar-refractivity contribution is 0.0467. The Morgan fingerprint density at radius 2 is 0.620 bits per heavy atom. The number of rotatable bonds is 12. The third-order valence-corrected chi connectivity index (χ3v) is 7.37. The lowest BCUT2D eigenvalue weighted by Gasteiger charge is -2.08. The molecule has 50 heavy (non-hydrogen) atoms. The molecule has 5 aromatic carbocycles. The molecule has 0 aliphatic carbocycles. The summed E-state index contributed by atoms with van der Waals surface area (Å²) in [5, 5.41) is 0. The number of Topliss-reactive ketones (excluding diaryl/α,β-unsaturated/α-hetero) is 2. The summed E-state index contributed by atoms with van der Waals surface area (Å²) >= 11 is 0. The van der Waals surface area contributed by atoms with Crippen LogP contribution in [0.5, 0.6) is 11.5 Å².